The zero-order chi connectivity index (χ0) is 19.9. The summed E-state index contributed by atoms with van der Waals surface area (Å²) in [7, 11) is 3.15. The Hall–Kier alpha value is -2.60. The Bertz CT molecular complexity index is 765. The average molecular weight is 386 g/mol. The topological polar surface area (TPSA) is 42.0 Å². The molecule has 0 bridgehead atoms. The third-order valence-electron chi connectivity index (χ3n) is 5.11. The zero-order valence-corrected chi connectivity index (χ0v) is 16.5. The van der Waals surface area contributed by atoms with E-state index in [2.05, 4.69) is 4.90 Å². The molecular weight excluding hydrogens is 359 g/mol. The fourth-order valence-electron chi connectivity index (χ4n) is 3.45. The first-order valence-corrected chi connectivity index (χ1v) is 9.58. The largest absolute Gasteiger partial charge is 0.497 e. The van der Waals surface area contributed by atoms with Gasteiger partial charge in [-0.3, -0.25) is 9.69 Å². The van der Waals surface area contributed by atoms with E-state index >= 15 is 0 Å². The standard InChI is InChI=1S/C22H27FN2O3/c1-27-20-14-18(15-21(16-20)28-2)22(26)25-12-10-24(11-13-25)9-3-4-17-5-7-19(23)8-6-17/h5-8,14-16H,3-4,9-13H2,1-2H3. The van der Waals surface area contributed by atoms with Crippen LogP contribution in [0.2, 0.25) is 0 Å². The van der Waals surface area contributed by atoms with Crippen molar-refractivity contribution in [1.82, 2.24) is 9.80 Å². The number of amides is 1. The average Bonchev–Trinajstić information content (AvgIpc) is 2.74. The summed E-state index contributed by atoms with van der Waals surface area (Å²) in [5, 5.41) is 0. The molecule has 1 aliphatic heterocycles. The van der Waals surface area contributed by atoms with Gasteiger partial charge in [0.05, 0.1) is 14.2 Å². The lowest BCUT2D eigenvalue weighted by molar-refractivity contribution is 0.0635. The summed E-state index contributed by atoms with van der Waals surface area (Å²) in [4.78, 5) is 17.1. The van der Waals surface area contributed by atoms with Crippen molar-refractivity contribution in [3.05, 3.63) is 59.4 Å². The Morgan fingerprint density at radius 1 is 0.964 bits per heavy atom. The van der Waals surface area contributed by atoms with E-state index in [1.54, 1.807) is 32.4 Å². The van der Waals surface area contributed by atoms with E-state index in [9.17, 15) is 9.18 Å². The lowest BCUT2D eigenvalue weighted by Gasteiger charge is -2.34. The van der Waals surface area contributed by atoms with Crippen molar-refractivity contribution in [3.8, 4) is 11.5 Å². The molecule has 0 atom stereocenters. The van der Waals surface area contributed by atoms with E-state index in [0.717, 1.165) is 38.0 Å². The molecular formula is C22H27FN2O3. The van der Waals surface area contributed by atoms with Gasteiger partial charge in [0, 0.05) is 37.8 Å². The van der Waals surface area contributed by atoms with Crippen LogP contribution < -0.4 is 9.47 Å². The molecule has 1 amide bonds. The van der Waals surface area contributed by atoms with Crippen LogP contribution in [-0.2, 0) is 6.42 Å². The van der Waals surface area contributed by atoms with Gasteiger partial charge in [-0.15, -0.1) is 0 Å². The molecule has 0 radical (unpaired) electrons. The van der Waals surface area contributed by atoms with E-state index in [0.29, 0.717) is 30.2 Å². The number of benzene rings is 2. The van der Waals surface area contributed by atoms with Crippen molar-refractivity contribution in [2.45, 2.75) is 12.8 Å². The van der Waals surface area contributed by atoms with Gasteiger partial charge < -0.3 is 14.4 Å². The fraction of sp³-hybridized carbons (Fsp3) is 0.409. The lowest BCUT2D eigenvalue weighted by atomic mass is 10.1. The fourth-order valence-corrected chi connectivity index (χ4v) is 3.45. The number of hydrogen-bond acceptors (Lipinski definition) is 4. The molecule has 2 aromatic carbocycles. The van der Waals surface area contributed by atoms with E-state index in [4.69, 9.17) is 9.47 Å². The quantitative estimate of drug-likeness (QED) is 0.733. The van der Waals surface area contributed by atoms with Crippen LogP contribution in [0.5, 0.6) is 11.5 Å². The van der Waals surface area contributed by atoms with Crippen LogP contribution in [-0.4, -0.2) is 62.7 Å². The van der Waals surface area contributed by atoms with Crippen LogP contribution in [0, 0.1) is 5.82 Å². The molecule has 5 nitrogen and oxygen atoms in total. The molecule has 0 spiro atoms. The van der Waals surface area contributed by atoms with Crippen LogP contribution in [0.25, 0.3) is 0 Å². The Labute approximate surface area is 165 Å². The van der Waals surface area contributed by atoms with Crippen molar-refractivity contribution < 1.29 is 18.7 Å². The first-order chi connectivity index (χ1) is 13.6. The van der Waals surface area contributed by atoms with Crippen molar-refractivity contribution >= 4 is 5.91 Å². The number of piperazine rings is 1. The summed E-state index contributed by atoms with van der Waals surface area (Å²) < 4.78 is 23.5. The number of ether oxygens (including phenoxy) is 2. The minimum Gasteiger partial charge on any atom is -0.497 e. The number of methoxy groups -OCH3 is 2. The summed E-state index contributed by atoms with van der Waals surface area (Å²) in [6, 6.07) is 12.0. The third kappa shape index (κ3) is 5.23. The zero-order valence-electron chi connectivity index (χ0n) is 16.5. The molecule has 28 heavy (non-hydrogen) atoms. The second kappa shape index (κ2) is 9.55. The van der Waals surface area contributed by atoms with Gasteiger partial charge in [0.25, 0.3) is 5.91 Å². The molecule has 0 saturated carbocycles. The highest BCUT2D eigenvalue weighted by Gasteiger charge is 2.22. The summed E-state index contributed by atoms with van der Waals surface area (Å²) in [5.74, 6) is 1.03. The number of rotatable bonds is 7. The van der Waals surface area contributed by atoms with Gasteiger partial charge in [0.2, 0.25) is 0 Å². The summed E-state index contributed by atoms with van der Waals surface area (Å²) in [5.41, 5.74) is 1.74. The van der Waals surface area contributed by atoms with Crippen molar-refractivity contribution in [3.63, 3.8) is 0 Å². The summed E-state index contributed by atoms with van der Waals surface area (Å²) >= 11 is 0. The molecule has 2 aromatic rings. The number of halogens is 1. The summed E-state index contributed by atoms with van der Waals surface area (Å²) in [6.07, 6.45) is 1.95. The Balaban J connectivity index is 1.48. The molecule has 1 aliphatic rings. The molecule has 0 unspecified atom stereocenters. The van der Waals surface area contributed by atoms with Gasteiger partial charge in [-0.1, -0.05) is 12.1 Å². The lowest BCUT2D eigenvalue weighted by Crippen LogP contribution is -2.48. The van der Waals surface area contributed by atoms with E-state index in [1.165, 1.54) is 12.1 Å². The minimum atomic E-state index is -0.196. The first kappa shape index (κ1) is 20.1. The molecule has 0 aromatic heterocycles. The Kier molecular flexibility index (Phi) is 6.87. The molecule has 1 heterocycles. The Morgan fingerprint density at radius 2 is 1.57 bits per heavy atom. The number of aryl methyl sites for hydroxylation is 1. The molecule has 150 valence electrons. The van der Waals surface area contributed by atoms with Crippen LogP contribution >= 0.6 is 0 Å². The van der Waals surface area contributed by atoms with Gasteiger partial charge in [0.15, 0.2) is 0 Å². The second-order valence-electron chi connectivity index (χ2n) is 6.97. The molecule has 3 rings (SSSR count). The third-order valence-corrected chi connectivity index (χ3v) is 5.11. The maximum Gasteiger partial charge on any atom is 0.254 e. The molecule has 0 aliphatic carbocycles. The molecule has 6 heteroatoms. The predicted molar refractivity (Wildman–Crippen MR) is 107 cm³/mol. The van der Waals surface area contributed by atoms with Crippen LogP contribution in [0.1, 0.15) is 22.3 Å². The molecule has 0 N–H and O–H groups in total. The second-order valence-corrected chi connectivity index (χ2v) is 6.97. The molecule has 1 fully saturated rings. The van der Waals surface area contributed by atoms with E-state index in [1.807, 2.05) is 17.0 Å². The normalized spacial score (nSPS) is 14.8. The van der Waals surface area contributed by atoms with Gasteiger partial charge in [0.1, 0.15) is 17.3 Å². The van der Waals surface area contributed by atoms with Crippen LogP contribution in [0.4, 0.5) is 4.39 Å². The maximum absolute atomic E-state index is 13.0. The molecule has 1 saturated heterocycles. The Morgan fingerprint density at radius 3 is 2.14 bits per heavy atom. The number of hydrogen-bond donors (Lipinski definition) is 0. The van der Waals surface area contributed by atoms with E-state index in [-0.39, 0.29) is 11.7 Å². The van der Waals surface area contributed by atoms with Crippen molar-refractivity contribution in [1.29, 1.82) is 0 Å². The van der Waals surface area contributed by atoms with Crippen molar-refractivity contribution in [2.75, 3.05) is 46.9 Å². The SMILES string of the molecule is COc1cc(OC)cc(C(=O)N2CCN(CCCc3ccc(F)cc3)CC2)c1. The van der Waals surface area contributed by atoms with E-state index < -0.39 is 0 Å². The highest BCUT2D eigenvalue weighted by Crippen LogP contribution is 2.23. The predicted octanol–water partition coefficient (Wildman–Crippen LogP) is 3.23. The highest BCUT2D eigenvalue weighted by atomic mass is 19.1. The minimum absolute atomic E-state index is 0.00293. The maximum atomic E-state index is 13.0. The van der Waals surface area contributed by atoms with Crippen LogP contribution in [0.15, 0.2) is 42.5 Å². The van der Waals surface area contributed by atoms with Crippen molar-refractivity contribution in [2.24, 2.45) is 0 Å². The number of carbonyl (C=O) groups is 1. The van der Waals surface area contributed by atoms with Gasteiger partial charge in [-0.05, 0) is 49.2 Å². The van der Waals surface area contributed by atoms with Crippen LogP contribution in [0.3, 0.4) is 0 Å². The van der Waals surface area contributed by atoms with Gasteiger partial charge >= 0.3 is 0 Å². The smallest absolute Gasteiger partial charge is 0.254 e. The first-order valence-electron chi connectivity index (χ1n) is 9.58. The van der Waals surface area contributed by atoms with Gasteiger partial charge in [-0.2, -0.15) is 0 Å². The number of nitrogens with zero attached hydrogens (tertiary/aromatic N) is 2. The number of carbonyl (C=O) groups excluding carboxylic acids is 1. The monoisotopic (exact) mass is 386 g/mol. The van der Waals surface area contributed by atoms with Gasteiger partial charge in [-0.25, -0.2) is 4.39 Å². The summed E-state index contributed by atoms with van der Waals surface area (Å²) in [6.45, 7) is 4.10. The highest BCUT2D eigenvalue weighted by molar-refractivity contribution is 5.95.